The largest absolute Gasteiger partial charge is 0.305 e. The van der Waals surface area contributed by atoms with E-state index in [1.54, 1.807) is 6.07 Å². The van der Waals surface area contributed by atoms with E-state index in [1.165, 1.54) is 5.56 Å². The standard InChI is InChI=1S/C12H17NO2S/c1-13(2)9-10-5-6-12-11(8-10)4-3-7-16(12,14)15/h5-6,8H,3-4,7,9H2,1-2H3. The molecule has 1 aromatic rings. The minimum Gasteiger partial charge on any atom is -0.305 e. The molecule has 0 aliphatic carbocycles. The Morgan fingerprint density at radius 2 is 2.06 bits per heavy atom. The van der Waals surface area contributed by atoms with Gasteiger partial charge in [-0.15, -0.1) is 0 Å². The van der Waals surface area contributed by atoms with Crippen LogP contribution >= 0.6 is 0 Å². The van der Waals surface area contributed by atoms with Gasteiger partial charge >= 0.3 is 0 Å². The van der Waals surface area contributed by atoms with Gasteiger partial charge in [0.15, 0.2) is 9.84 Å². The third-order valence-corrected chi connectivity index (χ3v) is 4.71. The number of hydrogen-bond donors (Lipinski definition) is 0. The lowest BCUT2D eigenvalue weighted by molar-refractivity contribution is 0.402. The molecule has 0 bridgehead atoms. The molecule has 0 saturated heterocycles. The minimum absolute atomic E-state index is 0.299. The highest BCUT2D eigenvalue weighted by molar-refractivity contribution is 7.91. The smallest absolute Gasteiger partial charge is 0.178 e. The second-order valence-corrected chi connectivity index (χ2v) is 6.68. The fraction of sp³-hybridized carbons (Fsp3) is 0.500. The average Bonchev–Trinajstić information content (AvgIpc) is 2.15. The molecular formula is C12H17NO2S. The zero-order valence-electron chi connectivity index (χ0n) is 9.73. The van der Waals surface area contributed by atoms with Crippen molar-refractivity contribution in [3.63, 3.8) is 0 Å². The number of sulfone groups is 1. The van der Waals surface area contributed by atoms with Crippen LogP contribution in [0.1, 0.15) is 17.5 Å². The molecule has 1 aliphatic rings. The van der Waals surface area contributed by atoms with E-state index >= 15 is 0 Å². The Labute approximate surface area is 97.0 Å². The normalized spacial score (nSPS) is 18.4. The van der Waals surface area contributed by atoms with Gasteiger partial charge in [-0.25, -0.2) is 8.42 Å². The minimum atomic E-state index is -3.00. The summed E-state index contributed by atoms with van der Waals surface area (Å²) in [5.74, 6) is 0.299. The third kappa shape index (κ3) is 2.28. The van der Waals surface area contributed by atoms with Gasteiger partial charge in [0, 0.05) is 6.54 Å². The van der Waals surface area contributed by atoms with Crippen molar-refractivity contribution in [2.24, 2.45) is 0 Å². The first-order valence-corrected chi connectivity index (χ1v) is 7.13. The molecule has 1 heterocycles. The summed E-state index contributed by atoms with van der Waals surface area (Å²) in [4.78, 5) is 2.63. The molecular weight excluding hydrogens is 222 g/mol. The fourth-order valence-corrected chi connectivity index (χ4v) is 3.74. The first kappa shape index (κ1) is 11.6. The Balaban J connectivity index is 2.40. The lowest BCUT2D eigenvalue weighted by atomic mass is 10.1. The topological polar surface area (TPSA) is 37.4 Å². The van der Waals surface area contributed by atoms with E-state index in [2.05, 4.69) is 4.90 Å². The Hall–Kier alpha value is -0.870. The summed E-state index contributed by atoms with van der Waals surface area (Å²) in [6.45, 7) is 0.854. The number of aryl methyl sites for hydroxylation is 1. The van der Waals surface area contributed by atoms with E-state index in [9.17, 15) is 8.42 Å². The van der Waals surface area contributed by atoms with Crippen LogP contribution in [0.4, 0.5) is 0 Å². The zero-order chi connectivity index (χ0) is 11.8. The van der Waals surface area contributed by atoms with Gasteiger partial charge in [0.2, 0.25) is 0 Å². The quantitative estimate of drug-likeness (QED) is 0.784. The summed E-state index contributed by atoms with van der Waals surface area (Å²) in [5.41, 5.74) is 2.17. The van der Waals surface area contributed by atoms with E-state index in [4.69, 9.17) is 0 Å². The Morgan fingerprint density at radius 1 is 1.31 bits per heavy atom. The van der Waals surface area contributed by atoms with Gasteiger partial charge in [-0.05, 0) is 44.1 Å². The van der Waals surface area contributed by atoms with E-state index < -0.39 is 9.84 Å². The molecule has 0 N–H and O–H groups in total. The molecule has 16 heavy (non-hydrogen) atoms. The van der Waals surface area contributed by atoms with Crippen LogP contribution < -0.4 is 0 Å². The number of fused-ring (bicyclic) bond motifs is 1. The van der Waals surface area contributed by atoms with Gasteiger partial charge in [0.05, 0.1) is 10.6 Å². The van der Waals surface area contributed by atoms with Crippen LogP contribution in [0, 0.1) is 0 Å². The summed E-state index contributed by atoms with van der Waals surface area (Å²) in [7, 11) is 1.02. The fourth-order valence-electron chi connectivity index (χ4n) is 2.16. The highest BCUT2D eigenvalue weighted by Crippen LogP contribution is 2.26. The van der Waals surface area contributed by atoms with Crippen LogP contribution in [0.2, 0.25) is 0 Å². The number of benzene rings is 1. The number of nitrogens with zero attached hydrogens (tertiary/aromatic N) is 1. The molecule has 2 rings (SSSR count). The maximum absolute atomic E-state index is 11.8. The first-order valence-electron chi connectivity index (χ1n) is 5.48. The van der Waals surface area contributed by atoms with Crippen molar-refractivity contribution in [1.29, 1.82) is 0 Å². The predicted octanol–water partition coefficient (Wildman–Crippen LogP) is 1.47. The highest BCUT2D eigenvalue weighted by atomic mass is 32.2. The van der Waals surface area contributed by atoms with Crippen molar-refractivity contribution in [3.8, 4) is 0 Å². The van der Waals surface area contributed by atoms with Gasteiger partial charge in [-0.3, -0.25) is 0 Å². The predicted molar refractivity (Wildman–Crippen MR) is 64.2 cm³/mol. The SMILES string of the molecule is CN(C)Cc1ccc2c(c1)CCCS2(=O)=O. The monoisotopic (exact) mass is 239 g/mol. The highest BCUT2D eigenvalue weighted by Gasteiger charge is 2.23. The molecule has 0 spiro atoms. The van der Waals surface area contributed by atoms with Crippen LogP contribution in [-0.4, -0.2) is 33.2 Å². The van der Waals surface area contributed by atoms with Gasteiger partial charge in [0.1, 0.15) is 0 Å². The first-order chi connectivity index (χ1) is 7.49. The van der Waals surface area contributed by atoms with Crippen molar-refractivity contribution in [1.82, 2.24) is 4.90 Å². The van der Waals surface area contributed by atoms with Crippen LogP contribution in [0.3, 0.4) is 0 Å². The van der Waals surface area contributed by atoms with Gasteiger partial charge in [0.25, 0.3) is 0 Å². The Morgan fingerprint density at radius 3 is 2.75 bits per heavy atom. The summed E-state index contributed by atoms with van der Waals surface area (Å²) in [6, 6.07) is 5.72. The van der Waals surface area contributed by atoms with Crippen molar-refractivity contribution in [2.75, 3.05) is 19.8 Å². The van der Waals surface area contributed by atoms with Crippen molar-refractivity contribution in [3.05, 3.63) is 29.3 Å². The van der Waals surface area contributed by atoms with Gasteiger partial charge < -0.3 is 4.90 Å². The Bertz CT molecular complexity index is 492. The third-order valence-electron chi connectivity index (χ3n) is 2.82. The van der Waals surface area contributed by atoms with E-state index in [0.29, 0.717) is 10.6 Å². The van der Waals surface area contributed by atoms with Gasteiger partial charge in [-0.2, -0.15) is 0 Å². The molecule has 0 radical (unpaired) electrons. The maximum atomic E-state index is 11.8. The second-order valence-electron chi connectivity index (χ2n) is 4.60. The van der Waals surface area contributed by atoms with E-state index in [-0.39, 0.29) is 0 Å². The zero-order valence-corrected chi connectivity index (χ0v) is 10.5. The van der Waals surface area contributed by atoms with Crippen LogP contribution in [0.15, 0.2) is 23.1 Å². The molecule has 1 aromatic carbocycles. The molecule has 88 valence electrons. The second kappa shape index (κ2) is 4.18. The van der Waals surface area contributed by atoms with Crippen LogP contribution in [0.5, 0.6) is 0 Å². The van der Waals surface area contributed by atoms with Crippen LogP contribution in [0.25, 0.3) is 0 Å². The van der Waals surface area contributed by atoms with Crippen LogP contribution in [-0.2, 0) is 22.8 Å². The lowest BCUT2D eigenvalue weighted by Crippen LogP contribution is -2.17. The van der Waals surface area contributed by atoms with E-state index in [1.807, 2.05) is 26.2 Å². The molecule has 0 saturated carbocycles. The summed E-state index contributed by atoms with van der Waals surface area (Å²) in [5, 5.41) is 0. The lowest BCUT2D eigenvalue weighted by Gasteiger charge is -2.18. The van der Waals surface area contributed by atoms with Crippen molar-refractivity contribution < 1.29 is 8.42 Å². The number of rotatable bonds is 2. The Kier molecular flexibility index (Phi) is 3.04. The molecule has 0 atom stereocenters. The van der Waals surface area contributed by atoms with Crippen molar-refractivity contribution in [2.45, 2.75) is 24.3 Å². The molecule has 1 aliphatic heterocycles. The summed E-state index contributed by atoms with van der Waals surface area (Å²) in [6.07, 6.45) is 1.64. The van der Waals surface area contributed by atoms with E-state index in [0.717, 1.165) is 24.9 Å². The molecule has 3 nitrogen and oxygen atoms in total. The molecule has 0 unspecified atom stereocenters. The average molecular weight is 239 g/mol. The number of hydrogen-bond acceptors (Lipinski definition) is 3. The summed E-state index contributed by atoms with van der Waals surface area (Å²) < 4.78 is 23.6. The van der Waals surface area contributed by atoms with Crippen molar-refractivity contribution >= 4 is 9.84 Å². The molecule has 0 aromatic heterocycles. The summed E-state index contributed by atoms with van der Waals surface area (Å²) >= 11 is 0. The van der Waals surface area contributed by atoms with Gasteiger partial charge in [-0.1, -0.05) is 12.1 Å². The molecule has 0 amide bonds. The molecule has 0 fully saturated rings. The molecule has 4 heteroatoms. The maximum Gasteiger partial charge on any atom is 0.178 e.